The van der Waals surface area contributed by atoms with Crippen LogP contribution in [0, 0.1) is 0 Å². The van der Waals surface area contributed by atoms with E-state index in [1.807, 2.05) is 24.3 Å². The average Bonchev–Trinajstić information content (AvgIpc) is 3.29. The number of rotatable bonds is 3. The van der Waals surface area contributed by atoms with Crippen LogP contribution in [0.2, 0.25) is 5.02 Å². The van der Waals surface area contributed by atoms with Gasteiger partial charge in [0.25, 0.3) is 0 Å². The highest BCUT2D eigenvalue weighted by Gasteiger charge is 2.53. The van der Waals surface area contributed by atoms with Crippen LogP contribution >= 0.6 is 11.6 Å². The molecule has 2 fully saturated rings. The van der Waals surface area contributed by atoms with Gasteiger partial charge in [-0.1, -0.05) is 23.7 Å². The van der Waals surface area contributed by atoms with E-state index < -0.39 is 0 Å². The second kappa shape index (κ2) is 5.62. The normalized spacial score (nSPS) is 21.6. The van der Waals surface area contributed by atoms with E-state index in [9.17, 15) is 4.79 Å². The van der Waals surface area contributed by atoms with Crippen molar-refractivity contribution in [3.63, 3.8) is 0 Å². The summed E-state index contributed by atoms with van der Waals surface area (Å²) in [5.74, 6) is 0.313. The van der Waals surface area contributed by atoms with Gasteiger partial charge < -0.3 is 4.90 Å². The van der Waals surface area contributed by atoms with Crippen LogP contribution in [0.3, 0.4) is 0 Å². The number of benzene rings is 1. The lowest BCUT2D eigenvalue weighted by Crippen LogP contribution is -2.53. The number of halogens is 1. The summed E-state index contributed by atoms with van der Waals surface area (Å²) < 4.78 is 0. The van der Waals surface area contributed by atoms with Crippen LogP contribution in [0.5, 0.6) is 0 Å². The van der Waals surface area contributed by atoms with Gasteiger partial charge in [0.1, 0.15) is 0 Å². The van der Waals surface area contributed by atoms with E-state index in [1.54, 1.807) is 0 Å². The first-order valence-corrected chi connectivity index (χ1v) is 8.20. The molecule has 0 radical (unpaired) electrons. The van der Waals surface area contributed by atoms with Gasteiger partial charge in [-0.25, -0.2) is 0 Å². The third-order valence-electron chi connectivity index (χ3n) is 4.89. The molecule has 0 aromatic heterocycles. The summed E-state index contributed by atoms with van der Waals surface area (Å²) in [7, 11) is 0. The van der Waals surface area contributed by atoms with E-state index in [0.29, 0.717) is 11.9 Å². The summed E-state index contributed by atoms with van der Waals surface area (Å²) in [6.07, 6.45) is 1.94. The minimum absolute atomic E-state index is 0.259. The molecule has 114 valence electrons. The van der Waals surface area contributed by atoms with Crippen LogP contribution in [0.25, 0.3) is 0 Å². The molecule has 1 heterocycles. The molecule has 4 heteroatoms. The first kappa shape index (κ1) is 14.9. The molecule has 0 bridgehead atoms. The van der Waals surface area contributed by atoms with Crippen molar-refractivity contribution in [1.29, 1.82) is 0 Å². The highest BCUT2D eigenvalue weighted by atomic mass is 35.5. The van der Waals surface area contributed by atoms with Gasteiger partial charge in [0, 0.05) is 37.2 Å². The highest BCUT2D eigenvalue weighted by Crippen LogP contribution is 2.49. The molecule has 1 amide bonds. The number of carbonyl (C=O) groups excluding carboxylic acids is 1. The van der Waals surface area contributed by atoms with Gasteiger partial charge in [-0.05, 0) is 44.4 Å². The molecule has 1 aliphatic heterocycles. The molecule has 1 aromatic carbocycles. The zero-order valence-corrected chi connectivity index (χ0v) is 13.6. The fourth-order valence-electron chi connectivity index (χ4n) is 3.26. The molecule has 21 heavy (non-hydrogen) atoms. The maximum atomic E-state index is 12.9. The van der Waals surface area contributed by atoms with E-state index in [0.717, 1.165) is 49.6 Å². The molecular formula is C17H23ClN2O. The summed E-state index contributed by atoms with van der Waals surface area (Å²) in [6, 6.07) is 8.37. The first-order valence-electron chi connectivity index (χ1n) is 7.82. The van der Waals surface area contributed by atoms with Gasteiger partial charge in [0.2, 0.25) is 5.91 Å². The molecule has 0 N–H and O–H groups in total. The standard InChI is InChI=1S/C17H23ClN2O/c1-13(2)19-9-11-20(12-10-19)16(21)17(7-8-17)14-3-5-15(18)6-4-14/h3-6,13H,7-12H2,1-2H3. The van der Waals surface area contributed by atoms with Crippen molar-refractivity contribution in [2.45, 2.75) is 38.1 Å². The predicted molar refractivity (Wildman–Crippen MR) is 85.7 cm³/mol. The van der Waals surface area contributed by atoms with E-state index in [4.69, 9.17) is 11.6 Å². The van der Waals surface area contributed by atoms with Crippen molar-refractivity contribution in [3.05, 3.63) is 34.9 Å². The van der Waals surface area contributed by atoms with Gasteiger partial charge in [-0.2, -0.15) is 0 Å². The van der Waals surface area contributed by atoms with Crippen molar-refractivity contribution < 1.29 is 4.79 Å². The SMILES string of the molecule is CC(C)N1CCN(C(=O)C2(c3ccc(Cl)cc3)CC2)CC1. The Labute approximate surface area is 131 Å². The number of nitrogens with zero attached hydrogens (tertiary/aromatic N) is 2. The lowest BCUT2D eigenvalue weighted by Gasteiger charge is -2.38. The smallest absolute Gasteiger partial charge is 0.233 e. The topological polar surface area (TPSA) is 23.6 Å². The van der Waals surface area contributed by atoms with Gasteiger partial charge in [-0.3, -0.25) is 9.69 Å². The third-order valence-corrected chi connectivity index (χ3v) is 5.14. The lowest BCUT2D eigenvalue weighted by atomic mass is 9.94. The average molecular weight is 307 g/mol. The Morgan fingerprint density at radius 1 is 1.10 bits per heavy atom. The minimum atomic E-state index is -0.259. The highest BCUT2D eigenvalue weighted by molar-refractivity contribution is 6.30. The quantitative estimate of drug-likeness (QED) is 0.857. The fraction of sp³-hybridized carbons (Fsp3) is 0.588. The summed E-state index contributed by atoms with van der Waals surface area (Å²) >= 11 is 5.96. The van der Waals surface area contributed by atoms with Crippen LogP contribution in [-0.4, -0.2) is 47.9 Å². The molecule has 1 saturated heterocycles. The zero-order valence-electron chi connectivity index (χ0n) is 12.8. The number of piperazine rings is 1. The van der Waals surface area contributed by atoms with Crippen LogP contribution < -0.4 is 0 Å². The summed E-state index contributed by atoms with van der Waals surface area (Å²) in [5.41, 5.74) is 0.869. The predicted octanol–water partition coefficient (Wildman–Crippen LogP) is 2.92. The minimum Gasteiger partial charge on any atom is -0.339 e. The van der Waals surface area contributed by atoms with Gasteiger partial charge in [0.05, 0.1) is 5.41 Å². The monoisotopic (exact) mass is 306 g/mol. The van der Waals surface area contributed by atoms with Crippen LogP contribution in [0.1, 0.15) is 32.3 Å². The second-order valence-electron chi connectivity index (χ2n) is 6.51. The molecule has 1 aromatic rings. The number of hydrogen-bond donors (Lipinski definition) is 0. The second-order valence-corrected chi connectivity index (χ2v) is 6.95. The molecule has 1 saturated carbocycles. The van der Waals surface area contributed by atoms with Crippen molar-refractivity contribution in [2.24, 2.45) is 0 Å². The lowest BCUT2D eigenvalue weighted by molar-refractivity contribution is -0.136. The molecule has 0 unspecified atom stereocenters. The summed E-state index contributed by atoms with van der Waals surface area (Å²) in [4.78, 5) is 17.4. The van der Waals surface area contributed by atoms with Gasteiger partial charge in [-0.15, -0.1) is 0 Å². The van der Waals surface area contributed by atoms with Crippen molar-refractivity contribution in [2.75, 3.05) is 26.2 Å². The van der Waals surface area contributed by atoms with Crippen LogP contribution in [0.4, 0.5) is 0 Å². The molecule has 3 nitrogen and oxygen atoms in total. The van der Waals surface area contributed by atoms with Crippen molar-refractivity contribution in [1.82, 2.24) is 9.80 Å². The number of hydrogen-bond acceptors (Lipinski definition) is 2. The van der Waals surface area contributed by atoms with Crippen molar-refractivity contribution >= 4 is 17.5 Å². The van der Waals surface area contributed by atoms with E-state index in [-0.39, 0.29) is 5.41 Å². The largest absolute Gasteiger partial charge is 0.339 e. The Morgan fingerprint density at radius 2 is 1.67 bits per heavy atom. The van der Waals surface area contributed by atoms with Gasteiger partial charge in [0.15, 0.2) is 0 Å². The maximum Gasteiger partial charge on any atom is 0.233 e. The molecule has 2 aliphatic rings. The Balaban J connectivity index is 1.70. The maximum absolute atomic E-state index is 12.9. The Kier molecular flexibility index (Phi) is 3.98. The molecule has 0 spiro atoms. The van der Waals surface area contributed by atoms with E-state index >= 15 is 0 Å². The van der Waals surface area contributed by atoms with Crippen LogP contribution in [-0.2, 0) is 10.2 Å². The zero-order chi connectivity index (χ0) is 15.0. The molecule has 3 rings (SSSR count). The van der Waals surface area contributed by atoms with Gasteiger partial charge >= 0.3 is 0 Å². The fourth-order valence-corrected chi connectivity index (χ4v) is 3.39. The third kappa shape index (κ3) is 2.82. The van der Waals surface area contributed by atoms with Crippen LogP contribution in [0.15, 0.2) is 24.3 Å². The Bertz CT molecular complexity index is 514. The molecular weight excluding hydrogens is 284 g/mol. The molecule has 0 atom stereocenters. The number of carbonyl (C=O) groups is 1. The Morgan fingerprint density at radius 3 is 2.14 bits per heavy atom. The number of amides is 1. The summed E-state index contributed by atoms with van der Waals surface area (Å²) in [6.45, 7) is 8.11. The van der Waals surface area contributed by atoms with Crippen molar-refractivity contribution in [3.8, 4) is 0 Å². The molecule has 1 aliphatic carbocycles. The summed E-state index contributed by atoms with van der Waals surface area (Å²) in [5, 5.41) is 0.729. The Hall–Kier alpha value is -1.06. The first-order chi connectivity index (χ1) is 10.0. The van der Waals surface area contributed by atoms with E-state index in [2.05, 4.69) is 23.6 Å². The van der Waals surface area contributed by atoms with E-state index in [1.165, 1.54) is 0 Å².